The van der Waals surface area contributed by atoms with Gasteiger partial charge in [0.05, 0.1) is 0 Å². The van der Waals surface area contributed by atoms with Crippen LogP contribution in [0.15, 0.2) is 35.2 Å². The van der Waals surface area contributed by atoms with Crippen LogP contribution in [0.4, 0.5) is 0 Å². The number of carbonyl (C=O) groups is 2. The lowest BCUT2D eigenvalue weighted by atomic mass is 10.1. The Balaban J connectivity index is 1.55. The van der Waals surface area contributed by atoms with Gasteiger partial charge in [0.15, 0.2) is 0 Å². The Bertz CT molecular complexity index is 509. The first-order valence-corrected chi connectivity index (χ1v) is 9.03. The Kier molecular flexibility index (Phi) is 4.21. The largest absolute Gasteiger partial charge is 0.342 e. The van der Waals surface area contributed by atoms with E-state index in [0.717, 1.165) is 24.3 Å². The van der Waals surface area contributed by atoms with Gasteiger partial charge >= 0.3 is 0 Å². The molecule has 1 N–H and O–H groups in total. The third-order valence-corrected chi connectivity index (χ3v) is 5.98. The van der Waals surface area contributed by atoms with Crippen molar-refractivity contribution < 1.29 is 9.59 Å². The van der Waals surface area contributed by atoms with Crippen LogP contribution < -0.4 is 5.32 Å². The molecule has 20 heavy (non-hydrogen) atoms. The summed E-state index contributed by atoms with van der Waals surface area (Å²) in [6, 6.07) is 9.44. The minimum Gasteiger partial charge on any atom is -0.342 e. The van der Waals surface area contributed by atoms with Crippen LogP contribution in [0.25, 0.3) is 0 Å². The highest BCUT2D eigenvalue weighted by Crippen LogP contribution is 2.32. The molecule has 4 nitrogen and oxygen atoms in total. The molecule has 0 spiro atoms. The molecule has 2 aliphatic rings. The maximum Gasteiger partial charge on any atom is 0.246 e. The number of fused-ring (bicyclic) bond motifs is 1. The van der Waals surface area contributed by atoms with Crippen molar-refractivity contribution in [2.24, 2.45) is 0 Å². The molecule has 1 aromatic carbocycles. The third-order valence-electron chi connectivity index (χ3n) is 3.59. The summed E-state index contributed by atoms with van der Waals surface area (Å²) in [6.07, 6.45) is 1.73. The first-order valence-electron chi connectivity index (χ1n) is 6.71. The van der Waals surface area contributed by atoms with Crippen LogP contribution in [0.3, 0.4) is 0 Å². The Morgan fingerprint density at radius 1 is 1.25 bits per heavy atom. The molecule has 2 saturated heterocycles. The smallest absolute Gasteiger partial charge is 0.246 e. The summed E-state index contributed by atoms with van der Waals surface area (Å²) in [7, 11) is 3.24. The number of rotatable bonds is 4. The molecule has 2 heterocycles. The second-order valence-corrected chi connectivity index (χ2v) is 7.35. The molecule has 2 fully saturated rings. The van der Waals surface area contributed by atoms with Crippen LogP contribution in [-0.4, -0.2) is 41.1 Å². The van der Waals surface area contributed by atoms with Gasteiger partial charge in [-0.2, -0.15) is 0 Å². The quantitative estimate of drug-likeness (QED) is 0.863. The molecular formula is C14H16N2O2S2. The fraction of sp³-hybridized carbons (Fsp3) is 0.429. The van der Waals surface area contributed by atoms with Crippen molar-refractivity contribution in [3.63, 3.8) is 0 Å². The Hall–Kier alpha value is -1.14. The lowest BCUT2D eigenvalue weighted by Crippen LogP contribution is -2.61. The topological polar surface area (TPSA) is 49.4 Å². The van der Waals surface area contributed by atoms with Crippen LogP contribution in [0.2, 0.25) is 0 Å². The number of benzene rings is 1. The normalized spacial score (nSPS) is 25.5. The zero-order chi connectivity index (χ0) is 13.9. The zero-order valence-corrected chi connectivity index (χ0v) is 12.6. The first kappa shape index (κ1) is 13.8. The molecule has 0 radical (unpaired) electrons. The summed E-state index contributed by atoms with van der Waals surface area (Å²) in [6.45, 7) is 0.726. The standard InChI is InChI=1S/C14H16N2O2S2/c17-13-12-7-4-8-16(12)14(18)11(15-13)9-19-20-10-5-2-1-3-6-10/h1-3,5-6,11-12H,4,7-9H2,(H,15,17)/t11-,12+/m0/s1. The van der Waals surface area contributed by atoms with Crippen molar-refractivity contribution in [2.75, 3.05) is 12.3 Å². The van der Waals surface area contributed by atoms with Gasteiger partial charge in [-0.3, -0.25) is 9.59 Å². The van der Waals surface area contributed by atoms with Crippen LogP contribution in [0, 0.1) is 0 Å². The van der Waals surface area contributed by atoms with Gasteiger partial charge in [-0.25, -0.2) is 0 Å². The van der Waals surface area contributed by atoms with Crippen molar-refractivity contribution in [3.8, 4) is 0 Å². The predicted molar refractivity (Wildman–Crippen MR) is 81.4 cm³/mol. The zero-order valence-electron chi connectivity index (χ0n) is 11.0. The summed E-state index contributed by atoms with van der Waals surface area (Å²) < 4.78 is 0. The SMILES string of the molecule is O=C1N[C@@H](CSSc2ccccc2)C(=O)N2CCC[C@H]12. The van der Waals surface area contributed by atoms with Gasteiger partial charge in [0, 0.05) is 17.2 Å². The van der Waals surface area contributed by atoms with E-state index in [1.165, 1.54) is 0 Å². The highest BCUT2D eigenvalue weighted by atomic mass is 33.1. The van der Waals surface area contributed by atoms with Crippen molar-refractivity contribution in [1.82, 2.24) is 10.2 Å². The molecule has 2 amide bonds. The van der Waals surface area contributed by atoms with Gasteiger partial charge in [0.25, 0.3) is 0 Å². The summed E-state index contributed by atoms with van der Waals surface area (Å²) in [5.74, 6) is 0.693. The van der Waals surface area contributed by atoms with E-state index >= 15 is 0 Å². The minimum atomic E-state index is -0.377. The molecule has 2 aliphatic heterocycles. The minimum absolute atomic E-state index is 0.0115. The Labute approximate surface area is 126 Å². The third kappa shape index (κ3) is 2.81. The fourth-order valence-electron chi connectivity index (χ4n) is 2.59. The van der Waals surface area contributed by atoms with Crippen molar-refractivity contribution in [2.45, 2.75) is 29.8 Å². The monoisotopic (exact) mass is 308 g/mol. The predicted octanol–water partition coefficient (Wildman–Crippen LogP) is 1.92. The number of hydrogen-bond acceptors (Lipinski definition) is 4. The second-order valence-electron chi connectivity index (χ2n) is 4.93. The van der Waals surface area contributed by atoms with Gasteiger partial charge in [-0.15, -0.1) is 0 Å². The molecule has 2 atom stereocenters. The maximum atomic E-state index is 12.3. The molecule has 106 valence electrons. The molecule has 0 aromatic heterocycles. The number of nitrogens with one attached hydrogen (secondary N) is 1. The molecule has 0 saturated carbocycles. The molecule has 6 heteroatoms. The van der Waals surface area contributed by atoms with Gasteiger partial charge in [-0.05, 0) is 25.0 Å². The number of piperazine rings is 1. The molecule has 1 aromatic rings. The summed E-state index contributed by atoms with van der Waals surface area (Å²) in [5, 5.41) is 2.86. The fourth-order valence-corrected chi connectivity index (χ4v) is 4.78. The van der Waals surface area contributed by atoms with Gasteiger partial charge in [0.2, 0.25) is 11.8 Å². The van der Waals surface area contributed by atoms with Gasteiger partial charge in [-0.1, -0.05) is 39.8 Å². The number of amides is 2. The van der Waals surface area contributed by atoms with Crippen LogP contribution in [0.1, 0.15) is 12.8 Å². The van der Waals surface area contributed by atoms with E-state index in [4.69, 9.17) is 0 Å². The van der Waals surface area contributed by atoms with Crippen LogP contribution in [0.5, 0.6) is 0 Å². The van der Waals surface area contributed by atoms with E-state index in [0.29, 0.717) is 5.75 Å². The average Bonchev–Trinajstić information content (AvgIpc) is 2.95. The van der Waals surface area contributed by atoms with E-state index in [1.807, 2.05) is 30.3 Å². The molecule has 0 bridgehead atoms. The highest BCUT2D eigenvalue weighted by Gasteiger charge is 2.42. The highest BCUT2D eigenvalue weighted by molar-refractivity contribution is 8.76. The summed E-state index contributed by atoms with van der Waals surface area (Å²) in [5.41, 5.74) is 0. The van der Waals surface area contributed by atoms with Crippen LogP contribution in [-0.2, 0) is 9.59 Å². The van der Waals surface area contributed by atoms with E-state index in [9.17, 15) is 9.59 Å². The second kappa shape index (κ2) is 6.10. The Morgan fingerprint density at radius 3 is 2.85 bits per heavy atom. The lowest BCUT2D eigenvalue weighted by Gasteiger charge is -2.34. The summed E-state index contributed by atoms with van der Waals surface area (Å²) >= 11 is 0. The average molecular weight is 308 g/mol. The molecule has 0 aliphatic carbocycles. The van der Waals surface area contributed by atoms with Crippen molar-refractivity contribution in [1.29, 1.82) is 0 Å². The van der Waals surface area contributed by atoms with E-state index in [2.05, 4.69) is 5.32 Å². The van der Waals surface area contributed by atoms with E-state index in [1.54, 1.807) is 26.5 Å². The Morgan fingerprint density at radius 2 is 2.05 bits per heavy atom. The van der Waals surface area contributed by atoms with Crippen LogP contribution >= 0.6 is 21.6 Å². The first-order chi connectivity index (χ1) is 9.75. The van der Waals surface area contributed by atoms with Gasteiger partial charge < -0.3 is 10.2 Å². The number of carbonyl (C=O) groups excluding carboxylic acids is 2. The molecule has 3 rings (SSSR count). The van der Waals surface area contributed by atoms with E-state index in [-0.39, 0.29) is 23.9 Å². The molecule has 0 unspecified atom stereocenters. The number of hydrogen-bond donors (Lipinski definition) is 1. The van der Waals surface area contributed by atoms with Gasteiger partial charge in [0.1, 0.15) is 12.1 Å². The van der Waals surface area contributed by atoms with E-state index < -0.39 is 0 Å². The lowest BCUT2D eigenvalue weighted by molar-refractivity contribution is -0.146. The molecular weight excluding hydrogens is 292 g/mol. The maximum absolute atomic E-state index is 12.3. The number of nitrogens with zero attached hydrogens (tertiary/aromatic N) is 1. The van der Waals surface area contributed by atoms with Crippen molar-refractivity contribution in [3.05, 3.63) is 30.3 Å². The van der Waals surface area contributed by atoms with Crippen molar-refractivity contribution >= 4 is 33.4 Å². The summed E-state index contributed by atoms with van der Waals surface area (Å²) in [4.78, 5) is 27.1.